The highest BCUT2D eigenvalue weighted by Gasteiger charge is 2.19. The van der Waals surface area contributed by atoms with Crippen molar-refractivity contribution in [1.82, 2.24) is 4.90 Å². The van der Waals surface area contributed by atoms with Gasteiger partial charge in [0, 0.05) is 13.1 Å². The predicted octanol–water partition coefficient (Wildman–Crippen LogP) is 2.65. The Morgan fingerprint density at radius 2 is 1.50 bits per heavy atom. The van der Waals surface area contributed by atoms with E-state index in [2.05, 4.69) is 13.8 Å². The minimum absolute atomic E-state index is 0.134. The van der Waals surface area contributed by atoms with Crippen molar-refractivity contribution in [3.05, 3.63) is 0 Å². The van der Waals surface area contributed by atoms with E-state index in [9.17, 15) is 4.79 Å². The number of hydrogen-bond donors (Lipinski definition) is 2. The molecule has 0 saturated heterocycles. The minimum atomic E-state index is -0.343. The Morgan fingerprint density at radius 3 is 1.95 bits per heavy atom. The van der Waals surface area contributed by atoms with Crippen LogP contribution in [0, 0.1) is 0 Å². The second kappa shape index (κ2) is 13.4. The fourth-order valence-corrected chi connectivity index (χ4v) is 2.30. The fraction of sp³-hybridized carbons (Fsp3) is 0.938. The third-order valence-corrected chi connectivity index (χ3v) is 3.66. The van der Waals surface area contributed by atoms with Gasteiger partial charge in [0.15, 0.2) is 0 Å². The lowest BCUT2D eigenvalue weighted by atomic mass is 10.1. The van der Waals surface area contributed by atoms with E-state index in [1.54, 1.807) is 0 Å². The molecule has 0 aliphatic heterocycles. The van der Waals surface area contributed by atoms with E-state index >= 15 is 0 Å². The van der Waals surface area contributed by atoms with Crippen LogP contribution in [-0.2, 0) is 4.79 Å². The molecule has 120 valence electrons. The van der Waals surface area contributed by atoms with Crippen LogP contribution in [0.3, 0.4) is 0 Å². The van der Waals surface area contributed by atoms with Gasteiger partial charge in [0.1, 0.15) is 0 Å². The van der Waals surface area contributed by atoms with Gasteiger partial charge in [-0.2, -0.15) is 0 Å². The Hall–Kier alpha value is -0.610. The molecule has 20 heavy (non-hydrogen) atoms. The largest absolute Gasteiger partial charge is 0.341 e. The quantitative estimate of drug-likeness (QED) is 0.511. The van der Waals surface area contributed by atoms with E-state index in [0.717, 1.165) is 45.2 Å². The Kier molecular flexibility index (Phi) is 13.0. The van der Waals surface area contributed by atoms with Crippen molar-refractivity contribution in [2.24, 2.45) is 11.5 Å². The van der Waals surface area contributed by atoms with Crippen molar-refractivity contribution in [3.8, 4) is 0 Å². The first-order chi connectivity index (χ1) is 9.67. The molecular formula is C16H35N3O. The summed E-state index contributed by atoms with van der Waals surface area (Å²) in [5, 5.41) is 0. The van der Waals surface area contributed by atoms with E-state index in [4.69, 9.17) is 11.5 Å². The summed E-state index contributed by atoms with van der Waals surface area (Å²) in [6.07, 6.45) is 9.55. The maximum absolute atomic E-state index is 12.4. The second-order valence-corrected chi connectivity index (χ2v) is 5.63. The predicted molar refractivity (Wildman–Crippen MR) is 86.5 cm³/mol. The van der Waals surface area contributed by atoms with Gasteiger partial charge in [-0.15, -0.1) is 0 Å². The highest BCUT2D eigenvalue weighted by atomic mass is 16.2. The molecule has 0 bridgehead atoms. The minimum Gasteiger partial charge on any atom is -0.341 e. The Balaban J connectivity index is 4.21. The highest BCUT2D eigenvalue weighted by molar-refractivity contribution is 5.81. The van der Waals surface area contributed by atoms with Crippen LogP contribution in [0.5, 0.6) is 0 Å². The SMILES string of the molecule is CCCCCN(CCCCC)C(=O)C(N)CCCCN. The average Bonchev–Trinajstić information content (AvgIpc) is 2.45. The van der Waals surface area contributed by atoms with Gasteiger partial charge in [-0.25, -0.2) is 0 Å². The van der Waals surface area contributed by atoms with Crippen molar-refractivity contribution in [1.29, 1.82) is 0 Å². The number of rotatable bonds is 13. The highest BCUT2D eigenvalue weighted by Crippen LogP contribution is 2.07. The zero-order chi connectivity index (χ0) is 15.2. The third kappa shape index (κ3) is 9.32. The van der Waals surface area contributed by atoms with Crippen LogP contribution in [0.25, 0.3) is 0 Å². The monoisotopic (exact) mass is 285 g/mol. The van der Waals surface area contributed by atoms with Crippen LogP contribution in [0.2, 0.25) is 0 Å². The molecule has 0 aliphatic rings. The summed E-state index contributed by atoms with van der Waals surface area (Å²) < 4.78 is 0. The van der Waals surface area contributed by atoms with Crippen LogP contribution < -0.4 is 11.5 Å². The normalized spacial score (nSPS) is 12.4. The van der Waals surface area contributed by atoms with Crippen LogP contribution in [-0.4, -0.2) is 36.5 Å². The van der Waals surface area contributed by atoms with Crippen LogP contribution in [0.1, 0.15) is 71.6 Å². The van der Waals surface area contributed by atoms with Crippen molar-refractivity contribution in [2.75, 3.05) is 19.6 Å². The Morgan fingerprint density at radius 1 is 0.950 bits per heavy atom. The molecule has 0 heterocycles. The van der Waals surface area contributed by atoms with E-state index < -0.39 is 0 Å². The van der Waals surface area contributed by atoms with E-state index in [0.29, 0.717) is 6.54 Å². The second-order valence-electron chi connectivity index (χ2n) is 5.63. The smallest absolute Gasteiger partial charge is 0.239 e. The maximum atomic E-state index is 12.4. The molecule has 0 aromatic heterocycles. The molecule has 1 atom stereocenters. The zero-order valence-corrected chi connectivity index (χ0v) is 13.6. The van der Waals surface area contributed by atoms with E-state index in [1.807, 2.05) is 4.90 Å². The first kappa shape index (κ1) is 19.4. The average molecular weight is 285 g/mol. The maximum Gasteiger partial charge on any atom is 0.239 e. The molecule has 0 aliphatic carbocycles. The molecule has 0 radical (unpaired) electrons. The van der Waals surface area contributed by atoms with Gasteiger partial charge in [0.25, 0.3) is 0 Å². The van der Waals surface area contributed by atoms with Crippen LogP contribution in [0.4, 0.5) is 0 Å². The van der Waals surface area contributed by atoms with Crippen molar-refractivity contribution < 1.29 is 4.79 Å². The topological polar surface area (TPSA) is 72.3 Å². The number of nitrogens with zero attached hydrogens (tertiary/aromatic N) is 1. The van der Waals surface area contributed by atoms with Crippen LogP contribution >= 0.6 is 0 Å². The molecule has 4 nitrogen and oxygen atoms in total. The number of carbonyl (C=O) groups is 1. The van der Waals surface area contributed by atoms with Crippen LogP contribution in [0.15, 0.2) is 0 Å². The first-order valence-electron chi connectivity index (χ1n) is 8.41. The van der Waals surface area contributed by atoms with Gasteiger partial charge >= 0.3 is 0 Å². The summed E-state index contributed by atoms with van der Waals surface area (Å²) in [6.45, 7) is 6.77. The fourth-order valence-electron chi connectivity index (χ4n) is 2.30. The van der Waals surface area contributed by atoms with Gasteiger partial charge in [-0.05, 0) is 32.2 Å². The molecule has 1 unspecified atom stereocenters. The summed E-state index contributed by atoms with van der Waals surface area (Å²) >= 11 is 0. The number of unbranched alkanes of at least 4 members (excludes halogenated alkanes) is 5. The van der Waals surface area contributed by atoms with Gasteiger partial charge in [-0.3, -0.25) is 4.79 Å². The molecule has 1 amide bonds. The molecule has 0 aromatic carbocycles. The lowest BCUT2D eigenvalue weighted by molar-refractivity contribution is -0.133. The lowest BCUT2D eigenvalue weighted by Gasteiger charge is -2.26. The molecule has 4 heteroatoms. The molecule has 4 N–H and O–H groups in total. The first-order valence-corrected chi connectivity index (χ1v) is 8.41. The van der Waals surface area contributed by atoms with E-state index in [-0.39, 0.29) is 11.9 Å². The standard InChI is InChI=1S/C16H35N3O/c1-3-5-9-13-19(14-10-6-4-2)16(20)15(18)11-7-8-12-17/h15H,3-14,17-18H2,1-2H3. The molecule has 0 spiro atoms. The van der Waals surface area contributed by atoms with Gasteiger partial charge < -0.3 is 16.4 Å². The van der Waals surface area contributed by atoms with Crippen molar-refractivity contribution in [2.45, 2.75) is 77.7 Å². The van der Waals surface area contributed by atoms with Gasteiger partial charge in [0.2, 0.25) is 5.91 Å². The zero-order valence-electron chi connectivity index (χ0n) is 13.6. The number of amides is 1. The van der Waals surface area contributed by atoms with Crippen molar-refractivity contribution in [3.63, 3.8) is 0 Å². The number of carbonyl (C=O) groups excluding carboxylic acids is 1. The molecular weight excluding hydrogens is 250 g/mol. The summed E-state index contributed by atoms with van der Waals surface area (Å²) in [5.41, 5.74) is 11.5. The van der Waals surface area contributed by atoms with Gasteiger partial charge in [0.05, 0.1) is 6.04 Å². The summed E-state index contributed by atoms with van der Waals surface area (Å²) in [6, 6.07) is -0.343. The summed E-state index contributed by atoms with van der Waals surface area (Å²) in [4.78, 5) is 14.4. The Bertz CT molecular complexity index is 224. The van der Waals surface area contributed by atoms with E-state index in [1.165, 1.54) is 25.7 Å². The number of hydrogen-bond acceptors (Lipinski definition) is 3. The molecule has 0 rings (SSSR count). The Labute approximate surface area is 125 Å². The summed E-state index contributed by atoms with van der Waals surface area (Å²) in [5.74, 6) is 0.134. The van der Waals surface area contributed by atoms with Crippen molar-refractivity contribution >= 4 is 5.91 Å². The molecule has 0 saturated carbocycles. The number of nitrogens with two attached hydrogens (primary N) is 2. The third-order valence-electron chi connectivity index (χ3n) is 3.66. The lowest BCUT2D eigenvalue weighted by Crippen LogP contribution is -2.44. The van der Waals surface area contributed by atoms with Gasteiger partial charge in [-0.1, -0.05) is 46.0 Å². The molecule has 0 aromatic rings. The molecule has 0 fully saturated rings. The summed E-state index contributed by atoms with van der Waals surface area (Å²) in [7, 11) is 0.